The van der Waals surface area contributed by atoms with Gasteiger partial charge in [-0.05, 0) is 76.2 Å². The van der Waals surface area contributed by atoms with Gasteiger partial charge in [-0.15, -0.1) is 0 Å². The molecule has 56 heavy (non-hydrogen) atoms. The van der Waals surface area contributed by atoms with Crippen molar-refractivity contribution in [1.29, 1.82) is 0 Å². The standard InChI is InChI=1S/C37H60N6O7.C3H8.C2H6O/c1-9-24(2)33(42(6)32(46)22-39-36(48)37(4)17-11-18-41(37)5)30(49-7)21-31(45)43-19-10-12-29(43)34(50-8)25(3)35(47)40-28(23-44)20-26-13-15-27(38)16-14-26;2*1-3-2/h13-16,23-25,28-30,33-34H,9-12,17-22,38H2,1-8H3,(H,39,48)(H,40,47);3H2,1-2H3;1-2H3. The molecule has 0 bridgehead atoms. The lowest BCUT2D eigenvalue weighted by atomic mass is 9.90. The van der Waals surface area contributed by atoms with Crippen molar-refractivity contribution in [2.45, 2.75) is 129 Å². The van der Waals surface area contributed by atoms with E-state index in [2.05, 4.69) is 29.2 Å². The Bertz CT molecular complexity index is 1350. The number of rotatable bonds is 18. The third-order valence-corrected chi connectivity index (χ3v) is 11.1. The van der Waals surface area contributed by atoms with Crippen LogP contribution in [0.25, 0.3) is 0 Å². The van der Waals surface area contributed by atoms with Crippen LogP contribution in [0.15, 0.2) is 24.3 Å². The number of anilines is 1. The third-order valence-electron chi connectivity index (χ3n) is 11.1. The first-order valence-corrected chi connectivity index (χ1v) is 20.2. The molecule has 320 valence electrons. The van der Waals surface area contributed by atoms with Gasteiger partial charge >= 0.3 is 0 Å². The molecule has 14 nitrogen and oxygen atoms in total. The van der Waals surface area contributed by atoms with Crippen molar-refractivity contribution in [2.24, 2.45) is 11.8 Å². The molecule has 14 heteroatoms. The van der Waals surface area contributed by atoms with Crippen LogP contribution in [-0.2, 0) is 44.6 Å². The summed E-state index contributed by atoms with van der Waals surface area (Å²) in [6.07, 6.45) is 4.92. The van der Waals surface area contributed by atoms with E-state index in [0.717, 1.165) is 44.1 Å². The van der Waals surface area contributed by atoms with Gasteiger partial charge in [0.05, 0.1) is 54.8 Å². The SMILES string of the molecule is CCC.CCC(C)C(C(CC(=O)N1CCCC1C(OC)C(C)C(=O)NC(C=O)Cc1ccc(N)cc1)OC)N(C)C(=O)CNC(=O)C1(C)CCCN1C.COC. The highest BCUT2D eigenvalue weighted by atomic mass is 16.5. The summed E-state index contributed by atoms with van der Waals surface area (Å²) in [7, 11) is 9.94. The molecule has 0 spiro atoms. The Labute approximate surface area is 336 Å². The average molecular weight is 791 g/mol. The van der Waals surface area contributed by atoms with Crippen LogP contribution in [0.3, 0.4) is 0 Å². The van der Waals surface area contributed by atoms with Crippen molar-refractivity contribution >= 4 is 35.6 Å². The van der Waals surface area contributed by atoms with E-state index < -0.39 is 35.7 Å². The Hall–Kier alpha value is -3.59. The molecule has 3 rings (SSSR count). The van der Waals surface area contributed by atoms with E-state index in [1.54, 1.807) is 57.2 Å². The van der Waals surface area contributed by atoms with Crippen molar-refractivity contribution < 1.29 is 38.2 Å². The molecule has 8 unspecified atom stereocenters. The maximum absolute atomic E-state index is 14.0. The van der Waals surface area contributed by atoms with Crippen LogP contribution in [0, 0.1) is 11.8 Å². The first-order valence-electron chi connectivity index (χ1n) is 20.2. The molecule has 1 aromatic carbocycles. The van der Waals surface area contributed by atoms with Gasteiger partial charge < -0.3 is 45.2 Å². The number of nitrogens with one attached hydrogen (secondary N) is 2. The smallest absolute Gasteiger partial charge is 0.242 e. The van der Waals surface area contributed by atoms with Gasteiger partial charge in [0.15, 0.2) is 0 Å². The number of hydrogen-bond donors (Lipinski definition) is 3. The van der Waals surface area contributed by atoms with Gasteiger partial charge in [0.1, 0.15) is 6.29 Å². The lowest BCUT2D eigenvalue weighted by molar-refractivity contribution is -0.146. The number of methoxy groups -OCH3 is 3. The van der Waals surface area contributed by atoms with Crippen molar-refractivity contribution in [2.75, 3.05) is 67.9 Å². The Morgan fingerprint density at radius 2 is 1.62 bits per heavy atom. The quantitative estimate of drug-likeness (QED) is 0.147. The predicted octanol–water partition coefficient (Wildman–Crippen LogP) is 3.69. The monoisotopic (exact) mass is 791 g/mol. The Kier molecular flexibility index (Phi) is 23.1. The Balaban J connectivity index is 0.00000245. The van der Waals surface area contributed by atoms with Crippen LogP contribution in [0.4, 0.5) is 5.69 Å². The second-order valence-corrected chi connectivity index (χ2v) is 15.4. The molecule has 0 aromatic heterocycles. The topological polar surface area (TPSA) is 173 Å². The van der Waals surface area contributed by atoms with E-state index in [0.29, 0.717) is 25.1 Å². The predicted molar refractivity (Wildman–Crippen MR) is 221 cm³/mol. The number of aldehydes is 1. The number of carbonyl (C=O) groups excluding carboxylic acids is 5. The van der Waals surface area contributed by atoms with Crippen LogP contribution < -0.4 is 16.4 Å². The maximum atomic E-state index is 14.0. The number of nitrogen functional groups attached to an aromatic ring is 1. The second kappa shape index (κ2) is 25.6. The van der Waals surface area contributed by atoms with Gasteiger partial charge in [0, 0.05) is 47.7 Å². The number of ether oxygens (including phenoxy) is 3. The highest BCUT2D eigenvalue weighted by Crippen LogP contribution is 2.30. The van der Waals surface area contributed by atoms with E-state index in [4.69, 9.17) is 15.2 Å². The maximum Gasteiger partial charge on any atom is 0.242 e. The molecule has 2 aliphatic rings. The lowest BCUT2D eigenvalue weighted by Crippen LogP contribution is -2.56. The molecule has 2 aliphatic heterocycles. The number of likely N-dealkylation sites (tertiary alicyclic amines) is 2. The van der Waals surface area contributed by atoms with E-state index in [1.165, 1.54) is 13.5 Å². The van der Waals surface area contributed by atoms with Gasteiger partial charge in [-0.2, -0.15) is 0 Å². The highest BCUT2D eigenvalue weighted by Gasteiger charge is 2.43. The second-order valence-electron chi connectivity index (χ2n) is 15.4. The van der Waals surface area contributed by atoms with Gasteiger partial charge in [0.25, 0.3) is 0 Å². The number of nitrogens with two attached hydrogens (primary N) is 1. The molecule has 8 atom stereocenters. The summed E-state index contributed by atoms with van der Waals surface area (Å²) in [6, 6.07) is 5.63. The van der Waals surface area contributed by atoms with Crippen molar-refractivity contribution in [3.8, 4) is 0 Å². The van der Waals surface area contributed by atoms with Crippen LogP contribution in [0.2, 0.25) is 0 Å². The van der Waals surface area contributed by atoms with Gasteiger partial charge in [-0.3, -0.25) is 24.1 Å². The molecule has 4 N–H and O–H groups in total. The number of amides is 4. The molecule has 0 radical (unpaired) electrons. The summed E-state index contributed by atoms with van der Waals surface area (Å²) >= 11 is 0. The summed E-state index contributed by atoms with van der Waals surface area (Å²) in [5.74, 6) is -1.56. The normalized spacial score (nSPS) is 21.1. The largest absolute Gasteiger partial charge is 0.399 e. The fraction of sp³-hybridized carbons (Fsp3) is 0.738. The molecule has 4 amide bonds. The lowest BCUT2D eigenvalue weighted by Gasteiger charge is -2.39. The molecular formula is C42H74N6O8. The number of benzene rings is 1. The minimum atomic E-state index is -0.729. The van der Waals surface area contributed by atoms with Crippen molar-refractivity contribution in [1.82, 2.24) is 25.3 Å². The molecular weight excluding hydrogens is 716 g/mol. The summed E-state index contributed by atoms with van der Waals surface area (Å²) in [5, 5.41) is 5.69. The molecule has 2 fully saturated rings. The molecule has 2 heterocycles. The number of likely N-dealkylation sites (N-methyl/N-ethyl adjacent to an activating group) is 2. The Morgan fingerprint density at radius 1 is 1.02 bits per heavy atom. The van der Waals surface area contributed by atoms with Gasteiger partial charge in [-0.25, -0.2) is 0 Å². The minimum Gasteiger partial charge on any atom is -0.399 e. The van der Waals surface area contributed by atoms with Crippen molar-refractivity contribution in [3.05, 3.63) is 29.8 Å². The van der Waals surface area contributed by atoms with Crippen LogP contribution >= 0.6 is 0 Å². The van der Waals surface area contributed by atoms with E-state index in [1.807, 2.05) is 44.9 Å². The minimum absolute atomic E-state index is 0.000269. The molecule has 0 aliphatic carbocycles. The number of carbonyl (C=O) groups is 5. The van der Waals surface area contributed by atoms with Crippen LogP contribution in [0.5, 0.6) is 0 Å². The van der Waals surface area contributed by atoms with Crippen LogP contribution in [0.1, 0.15) is 92.1 Å². The average Bonchev–Trinajstić information content (AvgIpc) is 3.81. The number of nitrogens with zero attached hydrogens (tertiary/aromatic N) is 3. The molecule has 1 aromatic rings. The summed E-state index contributed by atoms with van der Waals surface area (Å²) in [4.78, 5) is 71.2. The van der Waals surface area contributed by atoms with Gasteiger partial charge in [0.2, 0.25) is 23.6 Å². The third kappa shape index (κ3) is 14.4. The Morgan fingerprint density at radius 3 is 2.12 bits per heavy atom. The summed E-state index contributed by atoms with van der Waals surface area (Å²) < 4.78 is 16.0. The van der Waals surface area contributed by atoms with E-state index in [9.17, 15) is 24.0 Å². The van der Waals surface area contributed by atoms with E-state index >= 15 is 0 Å². The highest BCUT2D eigenvalue weighted by molar-refractivity contribution is 5.90. The summed E-state index contributed by atoms with van der Waals surface area (Å²) in [6.45, 7) is 13.1. The first kappa shape index (κ1) is 50.4. The van der Waals surface area contributed by atoms with Crippen LogP contribution in [-0.4, -0.2) is 143 Å². The zero-order chi connectivity index (χ0) is 42.6. The molecule has 0 saturated carbocycles. The zero-order valence-electron chi connectivity index (χ0n) is 36.4. The fourth-order valence-electron chi connectivity index (χ4n) is 7.54. The van der Waals surface area contributed by atoms with Gasteiger partial charge in [-0.1, -0.05) is 59.6 Å². The van der Waals surface area contributed by atoms with Crippen molar-refractivity contribution in [3.63, 3.8) is 0 Å². The fourth-order valence-corrected chi connectivity index (χ4v) is 7.54. The molecule has 2 saturated heterocycles. The zero-order valence-corrected chi connectivity index (χ0v) is 36.4. The first-order chi connectivity index (χ1) is 26.5. The van der Waals surface area contributed by atoms with E-state index in [-0.39, 0.29) is 48.6 Å². The summed E-state index contributed by atoms with van der Waals surface area (Å²) in [5.41, 5.74) is 6.61. The number of hydrogen-bond acceptors (Lipinski definition) is 10.